The molecule has 0 saturated carbocycles. The Hall–Kier alpha value is -1.82. The van der Waals surface area contributed by atoms with Gasteiger partial charge in [-0.25, -0.2) is 4.39 Å². The van der Waals surface area contributed by atoms with Gasteiger partial charge in [-0.05, 0) is 48.8 Å². The summed E-state index contributed by atoms with van der Waals surface area (Å²) in [4.78, 5) is 21.7. The minimum atomic E-state index is -0.237. The van der Waals surface area contributed by atoms with Crippen LogP contribution >= 0.6 is 11.8 Å². The van der Waals surface area contributed by atoms with Gasteiger partial charge in [0, 0.05) is 25.3 Å². The summed E-state index contributed by atoms with van der Waals surface area (Å²) < 4.78 is 13.6. The van der Waals surface area contributed by atoms with Crippen LogP contribution in [0.3, 0.4) is 0 Å². The number of likely N-dealkylation sites (tertiary alicyclic amines) is 1. The van der Waals surface area contributed by atoms with E-state index in [-0.39, 0.29) is 17.8 Å². The van der Waals surface area contributed by atoms with Gasteiger partial charge in [0.1, 0.15) is 5.82 Å². The predicted octanol–water partition coefficient (Wildman–Crippen LogP) is 3.92. The van der Waals surface area contributed by atoms with Gasteiger partial charge in [-0.1, -0.05) is 23.9 Å². The molecular formula is C19H22FN3OS. The summed E-state index contributed by atoms with van der Waals surface area (Å²) in [7, 11) is 0. The minimum Gasteiger partial charge on any atom is -0.335 e. The lowest BCUT2D eigenvalue weighted by Crippen LogP contribution is -2.40. The number of amidine groups is 1. The first-order chi connectivity index (χ1) is 12.2. The minimum absolute atomic E-state index is 0.0129. The van der Waals surface area contributed by atoms with Crippen LogP contribution in [0.1, 0.15) is 43.7 Å². The third-order valence-electron chi connectivity index (χ3n) is 5.05. The summed E-state index contributed by atoms with van der Waals surface area (Å²) in [6, 6.07) is 6.67. The van der Waals surface area contributed by atoms with E-state index in [1.807, 2.05) is 11.0 Å². The zero-order valence-corrected chi connectivity index (χ0v) is 15.0. The Balaban J connectivity index is 1.50. The molecule has 4 rings (SSSR count). The molecule has 0 bridgehead atoms. The van der Waals surface area contributed by atoms with Gasteiger partial charge in [0.25, 0.3) is 0 Å². The van der Waals surface area contributed by atoms with Crippen molar-refractivity contribution in [1.82, 2.24) is 9.80 Å². The maximum atomic E-state index is 13.6. The van der Waals surface area contributed by atoms with Crippen molar-refractivity contribution in [1.29, 1.82) is 0 Å². The molecule has 1 saturated heterocycles. The van der Waals surface area contributed by atoms with Crippen molar-refractivity contribution in [3.8, 4) is 0 Å². The van der Waals surface area contributed by atoms with Gasteiger partial charge in [-0.2, -0.15) is 0 Å². The highest BCUT2D eigenvalue weighted by Gasteiger charge is 2.32. The summed E-state index contributed by atoms with van der Waals surface area (Å²) in [5, 5.41) is 3.08. The molecule has 1 unspecified atom stereocenters. The first-order valence-corrected chi connectivity index (χ1v) is 9.83. The Kier molecular flexibility index (Phi) is 4.79. The van der Waals surface area contributed by atoms with Gasteiger partial charge in [0.2, 0.25) is 5.91 Å². The van der Waals surface area contributed by atoms with E-state index in [2.05, 4.69) is 15.3 Å². The normalized spacial score (nSPS) is 23.2. The zero-order chi connectivity index (χ0) is 17.2. The average molecular weight is 359 g/mol. The first-order valence-electron chi connectivity index (χ1n) is 8.95. The van der Waals surface area contributed by atoms with E-state index in [1.54, 1.807) is 23.9 Å². The second-order valence-corrected chi connectivity index (χ2v) is 7.56. The maximum Gasteiger partial charge on any atom is 0.229 e. The molecule has 0 aromatic heterocycles. The number of carbonyl (C=O) groups excluding carboxylic acids is 1. The largest absolute Gasteiger partial charge is 0.335 e. The van der Waals surface area contributed by atoms with Gasteiger partial charge in [-0.15, -0.1) is 0 Å². The second kappa shape index (κ2) is 7.20. The van der Waals surface area contributed by atoms with Crippen molar-refractivity contribution in [2.24, 2.45) is 4.99 Å². The molecule has 132 valence electrons. The van der Waals surface area contributed by atoms with Gasteiger partial charge in [0.15, 0.2) is 5.17 Å². The van der Waals surface area contributed by atoms with E-state index in [4.69, 9.17) is 0 Å². The van der Waals surface area contributed by atoms with Gasteiger partial charge >= 0.3 is 0 Å². The monoisotopic (exact) mass is 359 g/mol. The lowest BCUT2D eigenvalue weighted by molar-refractivity contribution is -0.134. The number of amides is 1. The van der Waals surface area contributed by atoms with Gasteiger partial charge in [0.05, 0.1) is 12.5 Å². The van der Waals surface area contributed by atoms with Gasteiger partial charge < -0.3 is 9.80 Å². The number of hydrogen-bond acceptors (Lipinski definition) is 4. The predicted molar refractivity (Wildman–Crippen MR) is 98.6 cm³/mol. The highest BCUT2D eigenvalue weighted by Crippen LogP contribution is 2.35. The number of piperidine rings is 1. The molecule has 0 aliphatic carbocycles. The van der Waals surface area contributed by atoms with E-state index >= 15 is 0 Å². The fraction of sp³-hybridized carbons (Fsp3) is 0.474. The number of halogens is 1. The van der Waals surface area contributed by atoms with Crippen molar-refractivity contribution < 1.29 is 9.18 Å². The average Bonchev–Trinajstić information content (AvgIpc) is 3.05. The van der Waals surface area contributed by atoms with E-state index < -0.39 is 0 Å². The standard InChI is InChI=1S/C19H22FN3OS/c20-15-6-3-5-14(11-15)17-7-1-2-9-23(17)18(24)12-16-13-25-19-21-8-4-10-22(16)19/h3,5-6,11,13,17H,1-2,4,7-10,12H2. The van der Waals surface area contributed by atoms with Gasteiger partial charge in [-0.3, -0.25) is 9.79 Å². The number of carbonyl (C=O) groups is 1. The number of benzene rings is 1. The Labute approximate surface area is 151 Å². The van der Waals surface area contributed by atoms with Crippen molar-refractivity contribution in [2.75, 3.05) is 19.6 Å². The van der Waals surface area contributed by atoms with E-state index in [0.717, 1.165) is 61.7 Å². The van der Waals surface area contributed by atoms with Crippen molar-refractivity contribution in [2.45, 2.75) is 38.1 Å². The topological polar surface area (TPSA) is 35.9 Å². The molecule has 25 heavy (non-hydrogen) atoms. The molecule has 4 nitrogen and oxygen atoms in total. The van der Waals surface area contributed by atoms with Crippen LogP contribution in [0.5, 0.6) is 0 Å². The SMILES string of the molecule is O=C(CC1=CSC2=NCCCN12)N1CCCCC1c1cccc(F)c1. The van der Waals surface area contributed by atoms with Crippen LogP contribution in [0.2, 0.25) is 0 Å². The summed E-state index contributed by atoms with van der Waals surface area (Å²) in [6.07, 6.45) is 4.43. The maximum absolute atomic E-state index is 13.6. The van der Waals surface area contributed by atoms with E-state index in [0.29, 0.717) is 6.42 Å². The summed E-state index contributed by atoms with van der Waals surface area (Å²) in [5.41, 5.74) is 1.96. The van der Waals surface area contributed by atoms with E-state index in [1.165, 1.54) is 6.07 Å². The molecule has 1 atom stereocenters. The molecule has 0 radical (unpaired) electrons. The summed E-state index contributed by atoms with van der Waals surface area (Å²) in [6.45, 7) is 2.57. The molecule has 1 fully saturated rings. The fourth-order valence-corrected chi connectivity index (χ4v) is 4.77. The van der Waals surface area contributed by atoms with Crippen LogP contribution in [-0.2, 0) is 4.79 Å². The van der Waals surface area contributed by atoms with Crippen LogP contribution in [0, 0.1) is 5.82 Å². The van der Waals surface area contributed by atoms with Crippen LogP contribution in [0.4, 0.5) is 4.39 Å². The third kappa shape index (κ3) is 3.45. The molecule has 1 amide bonds. The number of hydrogen-bond donors (Lipinski definition) is 0. The lowest BCUT2D eigenvalue weighted by atomic mass is 9.94. The fourth-order valence-electron chi connectivity index (χ4n) is 3.82. The van der Waals surface area contributed by atoms with Crippen LogP contribution in [0.15, 0.2) is 40.4 Å². The molecule has 3 aliphatic heterocycles. The Morgan fingerprint density at radius 3 is 3.08 bits per heavy atom. The summed E-state index contributed by atoms with van der Waals surface area (Å²) in [5.74, 6) is -0.104. The molecule has 1 aromatic carbocycles. The lowest BCUT2D eigenvalue weighted by Gasteiger charge is -2.37. The van der Waals surface area contributed by atoms with Crippen LogP contribution in [-0.4, -0.2) is 40.5 Å². The Morgan fingerprint density at radius 1 is 1.28 bits per heavy atom. The molecule has 3 heterocycles. The van der Waals surface area contributed by atoms with Crippen molar-refractivity contribution in [3.63, 3.8) is 0 Å². The highest BCUT2D eigenvalue weighted by molar-refractivity contribution is 8.16. The Bertz CT molecular complexity index is 733. The van der Waals surface area contributed by atoms with E-state index in [9.17, 15) is 9.18 Å². The molecule has 6 heteroatoms. The number of fused-ring (bicyclic) bond motifs is 1. The Morgan fingerprint density at radius 2 is 2.20 bits per heavy atom. The smallest absolute Gasteiger partial charge is 0.229 e. The molecule has 3 aliphatic rings. The molecular weight excluding hydrogens is 337 g/mol. The van der Waals surface area contributed by atoms with Crippen molar-refractivity contribution in [3.05, 3.63) is 46.8 Å². The number of aliphatic imine (C=N–C) groups is 1. The number of rotatable bonds is 3. The first kappa shape index (κ1) is 16.6. The molecule has 0 N–H and O–H groups in total. The van der Waals surface area contributed by atoms with Crippen LogP contribution in [0.25, 0.3) is 0 Å². The highest BCUT2D eigenvalue weighted by atomic mass is 32.2. The quantitative estimate of drug-likeness (QED) is 0.821. The number of thioether (sulfide) groups is 1. The zero-order valence-electron chi connectivity index (χ0n) is 14.2. The van der Waals surface area contributed by atoms with Crippen molar-refractivity contribution >= 4 is 22.8 Å². The number of nitrogens with zero attached hydrogens (tertiary/aromatic N) is 3. The van der Waals surface area contributed by atoms with Crippen LogP contribution < -0.4 is 0 Å². The second-order valence-electron chi connectivity index (χ2n) is 6.73. The third-order valence-corrected chi connectivity index (χ3v) is 6.00. The summed E-state index contributed by atoms with van der Waals surface area (Å²) >= 11 is 1.62. The molecule has 1 aromatic rings. The molecule has 0 spiro atoms.